The van der Waals surface area contributed by atoms with E-state index in [0.717, 1.165) is 6.26 Å². The van der Waals surface area contributed by atoms with Gasteiger partial charge in [0.05, 0.1) is 12.2 Å². The highest BCUT2D eigenvalue weighted by Gasteiger charge is 2.09. The number of hydrogen-bond donors (Lipinski definition) is 2. The standard InChI is InChI=1S/C12H15NO5S/c1-19(17,18)6-5-11(14)13-10-4-2-3-9(7-10)8-12(15)16/h2-4,7H,5-6,8H2,1H3,(H,13,14)(H,15,16). The monoisotopic (exact) mass is 285 g/mol. The summed E-state index contributed by atoms with van der Waals surface area (Å²) >= 11 is 0. The smallest absolute Gasteiger partial charge is 0.307 e. The first-order valence-electron chi connectivity index (χ1n) is 5.54. The Balaban J connectivity index is 2.61. The lowest BCUT2D eigenvalue weighted by molar-refractivity contribution is -0.136. The fraction of sp³-hybridized carbons (Fsp3) is 0.333. The molecule has 0 aliphatic heterocycles. The molecule has 0 bridgehead atoms. The number of carbonyl (C=O) groups excluding carboxylic acids is 1. The van der Waals surface area contributed by atoms with Gasteiger partial charge in [0, 0.05) is 18.4 Å². The molecule has 19 heavy (non-hydrogen) atoms. The van der Waals surface area contributed by atoms with Crippen LogP contribution in [0.5, 0.6) is 0 Å². The Morgan fingerprint density at radius 2 is 2.00 bits per heavy atom. The predicted molar refractivity (Wildman–Crippen MR) is 70.7 cm³/mol. The van der Waals surface area contributed by atoms with E-state index >= 15 is 0 Å². The minimum atomic E-state index is -3.17. The molecule has 104 valence electrons. The number of rotatable bonds is 6. The van der Waals surface area contributed by atoms with Gasteiger partial charge >= 0.3 is 5.97 Å². The van der Waals surface area contributed by atoms with E-state index in [1.54, 1.807) is 24.3 Å². The molecule has 0 unspecified atom stereocenters. The number of sulfone groups is 1. The van der Waals surface area contributed by atoms with Gasteiger partial charge in [-0.15, -0.1) is 0 Å². The first kappa shape index (κ1) is 15.2. The molecule has 0 saturated heterocycles. The number of benzene rings is 1. The third kappa shape index (κ3) is 6.56. The summed E-state index contributed by atoms with van der Waals surface area (Å²) in [5, 5.41) is 11.2. The Morgan fingerprint density at radius 1 is 1.32 bits per heavy atom. The van der Waals surface area contributed by atoms with Crippen LogP contribution in [0.4, 0.5) is 5.69 Å². The normalized spacial score (nSPS) is 11.0. The summed E-state index contributed by atoms with van der Waals surface area (Å²) in [6.07, 6.45) is 0.808. The molecule has 1 rings (SSSR count). The number of anilines is 1. The summed E-state index contributed by atoms with van der Waals surface area (Å²) in [5.41, 5.74) is 1.02. The highest BCUT2D eigenvalue weighted by atomic mass is 32.2. The minimum Gasteiger partial charge on any atom is -0.481 e. The summed E-state index contributed by atoms with van der Waals surface area (Å²) in [7, 11) is -3.17. The van der Waals surface area contributed by atoms with Gasteiger partial charge in [-0.2, -0.15) is 0 Å². The Morgan fingerprint density at radius 3 is 2.58 bits per heavy atom. The van der Waals surface area contributed by atoms with E-state index in [1.165, 1.54) is 0 Å². The maximum Gasteiger partial charge on any atom is 0.307 e. The maximum atomic E-state index is 11.5. The lowest BCUT2D eigenvalue weighted by Gasteiger charge is -2.06. The van der Waals surface area contributed by atoms with Crippen molar-refractivity contribution in [1.82, 2.24) is 0 Å². The third-order valence-electron chi connectivity index (χ3n) is 2.27. The SMILES string of the molecule is CS(=O)(=O)CCC(=O)Nc1cccc(CC(=O)O)c1. The molecule has 1 aromatic carbocycles. The van der Waals surface area contributed by atoms with Crippen molar-refractivity contribution in [2.45, 2.75) is 12.8 Å². The Hall–Kier alpha value is -1.89. The summed E-state index contributed by atoms with van der Waals surface area (Å²) in [6, 6.07) is 6.43. The van der Waals surface area contributed by atoms with E-state index in [2.05, 4.69) is 5.32 Å². The molecular formula is C12H15NO5S. The van der Waals surface area contributed by atoms with Crippen LogP contribution in [-0.4, -0.2) is 37.4 Å². The number of nitrogens with one attached hydrogen (secondary N) is 1. The van der Waals surface area contributed by atoms with Gasteiger partial charge in [0.15, 0.2) is 0 Å². The van der Waals surface area contributed by atoms with Crippen LogP contribution < -0.4 is 5.32 Å². The molecule has 7 heteroatoms. The van der Waals surface area contributed by atoms with Crippen molar-refractivity contribution in [3.05, 3.63) is 29.8 Å². The number of carboxylic acid groups (broad SMARTS) is 1. The van der Waals surface area contributed by atoms with Crippen molar-refractivity contribution in [3.8, 4) is 0 Å². The second-order valence-corrected chi connectivity index (χ2v) is 6.46. The molecule has 1 aromatic rings. The third-order valence-corrected chi connectivity index (χ3v) is 3.21. The van der Waals surface area contributed by atoms with Gasteiger partial charge in [-0.05, 0) is 17.7 Å². The zero-order valence-electron chi connectivity index (χ0n) is 10.4. The minimum absolute atomic E-state index is 0.123. The van der Waals surface area contributed by atoms with Gasteiger partial charge < -0.3 is 10.4 Å². The highest BCUT2D eigenvalue weighted by Crippen LogP contribution is 2.11. The van der Waals surface area contributed by atoms with Crippen molar-refractivity contribution in [3.63, 3.8) is 0 Å². The van der Waals surface area contributed by atoms with E-state index in [1.807, 2.05) is 0 Å². The fourth-order valence-electron chi connectivity index (χ4n) is 1.44. The van der Waals surface area contributed by atoms with Crippen LogP contribution in [-0.2, 0) is 25.8 Å². The molecule has 0 aliphatic rings. The predicted octanol–water partition coefficient (Wildman–Crippen LogP) is 0.687. The zero-order chi connectivity index (χ0) is 14.5. The van der Waals surface area contributed by atoms with Crippen LogP contribution in [0.25, 0.3) is 0 Å². The first-order valence-corrected chi connectivity index (χ1v) is 7.60. The van der Waals surface area contributed by atoms with Crippen LogP contribution >= 0.6 is 0 Å². The van der Waals surface area contributed by atoms with E-state index in [9.17, 15) is 18.0 Å². The molecule has 0 aliphatic carbocycles. The molecule has 0 fully saturated rings. The summed E-state index contributed by atoms with van der Waals surface area (Å²) in [5.74, 6) is -1.59. The lowest BCUT2D eigenvalue weighted by atomic mass is 10.1. The molecule has 6 nitrogen and oxygen atoms in total. The lowest BCUT2D eigenvalue weighted by Crippen LogP contribution is -2.16. The zero-order valence-corrected chi connectivity index (χ0v) is 11.2. The van der Waals surface area contributed by atoms with Crippen LogP contribution in [0.1, 0.15) is 12.0 Å². The van der Waals surface area contributed by atoms with Gasteiger partial charge in [-0.3, -0.25) is 9.59 Å². The van der Waals surface area contributed by atoms with Crippen LogP contribution in [0.2, 0.25) is 0 Å². The van der Waals surface area contributed by atoms with Gasteiger partial charge in [-0.1, -0.05) is 12.1 Å². The van der Waals surface area contributed by atoms with Crippen molar-refractivity contribution in [2.75, 3.05) is 17.3 Å². The molecule has 2 N–H and O–H groups in total. The number of carboxylic acids is 1. The number of amides is 1. The van der Waals surface area contributed by atoms with E-state index in [0.29, 0.717) is 11.3 Å². The first-order chi connectivity index (χ1) is 8.76. The van der Waals surface area contributed by atoms with Crippen molar-refractivity contribution >= 4 is 27.4 Å². The van der Waals surface area contributed by atoms with Crippen molar-refractivity contribution in [1.29, 1.82) is 0 Å². The summed E-state index contributed by atoms with van der Waals surface area (Å²) in [4.78, 5) is 22.1. The van der Waals surface area contributed by atoms with E-state index in [-0.39, 0.29) is 18.6 Å². The van der Waals surface area contributed by atoms with E-state index < -0.39 is 21.7 Å². The average molecular weight is 285 g/mol. The Kier molecular flexibility index (Phi) is 5.05. The van der Waals surface area contributed by atoms with Gasteiger partial charge in [0.1, 0.15) is 9.84 Å². The quantitative estimate of drug-likeness (QED) is 0.800. The van der Waals surface area contributed by atoms with Crippen LogP contribution in [0.3, 0.4) is 0 Å². The topological polar surface area (TPSA) is 101 Å². The molecule has 0 saturated carbocycles. The number of hydrogen-bond acceptors (Lipinski definition) is 4. The van der Waals surface area contributed by atoms with Crippen LogP contribution in [0, 0.1) is 0 Å². The molecular weight excluding hydrogens is 270 g/mol. The molecule has 1 amide bonds. The second-order valence-electron chi connectivity index (χ2n) is 4.20. The number of carbonyl (C=O) groups is 2. The van der Waals surface area contributed by atoms with Gasteiger partial charge in [0.2, 0.25) is 5.91 Å². The second kappa shape index (κ2) is 6.33. The summed E-state index contributed by atoms with van der Waals surface area (Å²) in [6.45, 7) is 0. The number of aliphatic carboxylic acids is 1. The fourth-order valence-corrected chi connectivity index (χ4v) is 1.99. The Bertz CT molecular complexity index is 580. The average Bonchev–Trinajstić information content (AvgIpc) is 2.25. The van der Waals surface area contributed by atoms with Gasteiger partial charge in [0.25, 0.3) is 0 Å². The molecule has 0 heterocycles. The molecule has 0 spiro atoms. The van der Waals surface area contributed by atoms with Gasteiger partial charge in [-0.25, -0.2) is 8.42 Å². The molecule has 0 atom stereocenters. The molecule has 0 radical (unpaired) electrons. The van der Waals surface area contributed by atoms with Crippen molar-refractivity contribution in [2.24, 2.45) is 0 Å². The summed E-state index contributed by atoms with van der Waals surface area (Å²) < 4.78 is 21.8. The Labute approximate surface area is 111 Å². The largest absolute Gasteiger partial charge is 0.481 e. The maximum absolute atomic E-state index is 11.5. The van der Waals surface area contributed by atoms with Crippen molar-refractivity contribution < 1.29 is 23.1 Å². The molecule has 0 aromatic heterocycles. The van der Waals surface area contributed by atoms with Crippen LogP contribution in [0.15, 0.2) is 24.3 Å². The van der Waals surface area contributed by atoms with E-state index in [4.69, 9.17) is 5.11 Å². The highest BCUT2D eigenvalue weighted by molar-refractivity contribution is 7.90.